The van der Waals surface area contributed by atoms with E-state index in [9.17, 15) is 4.79 Å². The van der Waals surface area contributed by atoms with Gasteiger partial charge in [0.25, 0.3) is 0 Å². The second kappa shape index (κ2) is 5.21. The van der Waals surface area contributed by atoms with Gasteiger partial charge in [-0.3, -0.25) is 4.79 Å². The molecule has 0 saturated carbocycles. The van der Waals surface area contributed by atoms with Crippen LogP contribution < -0.4 is 0 Å². The minimum Gasteiger partial charge on any atom is -0.292 e. The maximum atomic E-state index is 11.1. The summed E-state index contributed by atoms with van der Waals surface area (Å²) in [4.78, 5) is 11.1. The third-order valence-electron chi connectivity index (χ3n) is 1.60. The summed E-state index contributed by atoms with van der Waals surface area (Å²) < 4.78 is 0. The first-order valence-electron chi connectivity index (χ1n) is 4.04. The molecular weight excluding hydrogens is 198 g/mol. The number of halogens is 1. The van der Waals surface area contributed by atoms with Gasteiger partial charge in [0.1, 0.15) is 0 Å². The third-order valence-corrected chi connectivity index (χ3v) is 1.92. The van der Waals surface area contributed by atoms with Crippen LogP contribution in [0.5, 0.6) is 0 Å². The Morgan fingerprint density at radius 3 is 2.64 bits per heavy atom. The van der Waals surface area contributed by atoms with Crippen molar-refractivity contribution >= 4 is 23.5 Å². The Labute approximate surface area is 87.4 Å². The molecular formula is C11H8ClNO. The Balaban J connectivity index is 2.67. The number of allylic oxidation sites excluding steroid dienone is 1. The van der Waals surface area contributed by atoms with Crippen molar-refractivity contribution in [1.82, 2.24) is 0 Å². The van der Waals surface area contributed by atoms with E-state index in [2.05, 4.69) is 0 Å². The summed E-state index contributed by atoms with van der Waals surface area (Å²) in [5.41, 5.74) is 0.905. The van der Waals surface area contributed by atoms with Crippen LogP contribution in [0.3, 0.4) is 0 Å². The molecule has 70 valence electrons. The molecule has 0 amide bonds. The normalized spacial score (nSPS) is 12.3. The Hall–Kier alpha value is -1.59. The average Bonchev–Trinajstić information content (AvgIpc) is 2.26. The van der Waals surface area contributed by atoms with E-state index in [1.54, 1.807) is 12.1 Å². The molecule has 1 unspecified atom stereocenters. The lowest BCUT2D eigenvalue weighted by Gasteiger charge is -1.93. The zero-order chi connectivity index (χ0) is 10.4. The van der Waals surface area contributed by atoms with Crippen molar-refractivity contribution < 1.29 is 4.79 Å². The number of nitrogens with zero attached hydrogens (tertiary/aromatic N) is 1. The topological polar surface area (TPSA) is 40.9 Å². The van der Waals surface area contributed by atoms with Gasteiger partial charge in [0.05, 0.1) is 6.07 Å². The van der Waals surface area contributed by atoms with Crippen LogP contribution in [0.2, 0.25) is 0 Å². The first kappa shape index (κ1) is 10.5. The number of carbonyl (C=O) groups excluding carboxylic acids is 1. The maximum absolute atomic E-state index is 11.1. The Morgan fingerprint density at radius 1 is 1.43 bits per heavy atom. The van der Waals surface area contributed by atoms with Crippen molar-refractivity contribution in [3.05, 3.63) is 42.0 Å². The first-order chi connectivity index (χ1) is 6.74. The number of hydrogen-bond donors (Lipinski definition) is 0. The van der Waals surface area contributed by atoms with Crippen molar-refractivity contribution in [3.8, 4) is 6.07 Å². The molecule has 0 saturated heterocycles. The first-order valence-corrected chi connectivity index (χ1v) is 4.48. The standard InChI is InChI=1S/C11H8ClNO/c12-10(8-13)11(14)7-6-9-4-2-1-3-5-9/h1-7,10H. The zero-order valence-electron chi connectivity index (χ0n) is 7.35. The molecule has 1 aromatic carbocycles. The molecule has 0 aliphatic rings. The fraction of sp³-hybridized carbons (Fsp3) is 0.0909. The predicted molar refractivity (Wildman–Crippen MR) is 55.7 cm³/mol. The van der Waals surface area contributed by atoms with Crippen molar-refractivity contribution in [2.75, 3.05) is 0 Å². The number of alkyl halides is 1. The molecule has 0 bridgehead atoms. The molecule has 3 heteroatoms. The highest BCUT2D eigenvalue weighted by atomic mass is 35.5. The Kier molecular flexibility index (Phi) is 3.90. The van der Waals surface area contributed by atoms with Gasteiger partial charge in [0.15, 0.2) is 11.2 Å². The molecule has 1 atom stereocenters. The smallest absolute Gasteiger partial charge is 0.187 e. The van der Waals surface area contributed by atoms with Crippen LogP contribution in [0.15, 0.2) is 36.4 Å². The summed E-state index contributed by atoms with van der Waals surface area (Å²) in [5.74, 6) is -0.391. The molecule has 1 rings (SSSR count). The van der Waals surface area contributed by atoms with Crippen LogP contribution in [-0.4, -0.2) is 11.2 Å². The van der Waals surface area contributed by atoms with Gasteiger partial charge in [0.2, 0.25) is 0 Å². The van der Waals surface area contributed by atoms with Crippen molar-refractivity contribution in [2.45, 2.75) is 5.38 Å². The lowest BCUT2D eigenvalue weighted by Crippen LogP contribution is -2.07. The highest BCUT2D eigenvalue weighted by Crippen LogP contribution is 2.03. The molecule has 0 aliphatic carbocycles. The van der Waals surface area contributed by atoms with Gasteiger partial charge in [-0.05, 0) is 11.6 Å². The van der Waals surface area contributed by atoms with Crippen LogP contribution in [-0.2, 0) is 4.79 Å². The van der Waals surface area contributed by atoms with Gasteiger partial charge in [-0.25, -0.2) is 0 Å². The van der Waals surface area contributed by atoms with Gasteiger partial charge in [-0.1, -0.05) is 48.0 Å². The molecule has 0 aliphatic heterocycles. The second-order valence-corrected chi connectivity index (χ2v) is 3.07. The molecule has 0 radical (unpaired) electrons. The monoisotopic (exact) mass is 205 g/mol. The summed E-state index contributed by atoms with van der Waals surface area (Å²) in [7, 11) is 0. The van der Waals surface area contributed by atoms with Gasteiger partial charge < -0.3 is 0 Å². The highest BCUT2D eigenvalue weighted by molar-refractivity contribution is 6.35. The van der Waals surface area contributed by atoms with Crippen LogP contribution in [0.4, 0.5) is 0 Å². The molecule has 0 heterocycles. The van der Waals surface area contributed by atoms with E-state index in [4.69, 9.17) is 16.9 Å². The van der Waals surface area contributed by atoms with Crippen molar-refractivity contribution in [1.29, 1.82) is 5.26 Å². The SMILES string of the molecule is N#CC(Cl)C(=O)C=Cc1ccccc1. The van der Waals surface area contributed by atoms with Crippen molar-refractivity contribution in [2.24, 2.45) is 0 Å². The summed E-state index contributed by atoms with van der Waals surface area (Å²) >= 11 is 5.42. The minimum atomic E-state index is -1.09. The lowest BCUT2D eigenvalue weighted by atomic mass is 10.2. The van der Waals surface area contributed by atoms with Gasteiger partial charge in [-0.2, -0.15) is 5.26 Å². The maximum Gasteiger partial charge on any atom is 0.187 e. The molecule has 0 spiro atoms. The number of rotatable bonds is 3. The van der Waals surface area contributed by atoms with Gasteiger partial charge in [0, 0.05) is 0 Å². The van der Waals surface area contributed by atoms with E-state index in [0.717, 1.165) is 5.56 Å². The molecule has 2 nitrogen and oxygen atoms in total. The van der Waals surface area contributed by atoms with E-state index >= 15 is 0 Å². The average molecular weight is 206 g/mol. The van der Waals surface area contributed by atoms with E-state index in [1.165, 1.54) is 6.08 Å². The third kappa shape index (κ3) is 3.04. The number of hydrogen-bond acceptors (Lipinski definition) is 2. The fourth-order valence-corrected chi connectivity index (χ4v) is 0.963. The van der Waals surface area contributed by atoms with E-state index < -0.39 is 11.2 Å². The van der Waals surface area contributed by atoms with Gasteiger partial charge >= 0.3 is 0 Å². The number of ketones is 1. The van der Waals surface area contributed by atoms with Crippen LogP contribution in [0.25, 0.3) is 6.08 Å². The fourth-order valence-electron chi connectivity index (χ4n) is 0.891. The predicted octanol–water partition coefficient (Wildman–Crippen LogP) is 2.40. The summed E-state index contributed by atoms with van der Waals surface area (Å²) in [6.07, 6.45) is 2.95. The van der Waals surface area contributed by atoms with Crippen LogP contribution >= 0.6 is 11.6 Å². The van der Waals surface area contributed by atoms with Crippen molar-refractivity contribution in [3.63, 3.8) is 0 Å². The quantitative estimate of drug-likeness (QED) is 0.562. The minimum absolute atomic E-state index is 0.391. The zero-order valence-corrected chi connectivity index (χ0v) is 8.11. The molecule has 1 aromatic rings. The summed E-state index contributed by atoms with van der Waals surface area (Å²) in [5, 5.41) is 7.28. The molecule has 0 N–H and O–H groups in total. The molecule has 14 heavy (non-hydrogen) atoms. The van der Waals surface area contributed by atoms with Crippen LogP contribution in [0.1, 0.15) is 5.56 Å². The van der Waals surface area contributed by atoms with E-state index in [-0.39, 0.29) is 0 Å². The summed E-state index contributed by atoms with van der Waals surface area (Å²) in [6, 6.07) is 11.0. The highest BCUT2D eigenvalue weighted by Gasteiger charge is 2.09. The number of benzene rings is 1. The lowest BCUT2D eigenvalue weighted by molar-refractivity contribution is -0.113. The van der Waals surface area contributed by atoms with E-state index in [1.807, 2.05) is 30.3 Å². The molecule has 0 aromatic heterocycles. The Morgan fingerprint density at radius 2 is 2.07 bits per heavy atom. The van der Waals surface area contributed by atoms with Gasteiger partial charge in [-0.15, -0.1) is 0 Å². The number of nitriles is 1. The second-order valence-electron chi connectivity index (χ2n) is 2.64. The molecule has 0 fully saturated rings. The largest absolute Gasteiger partial charge is 0.292 e. The van der Waals surface area contributed by atoms with E-state index in [0.29, 0.717) is 0 Å². The van der Waals surface area contributed by atoms with Crippen LogP contribution in [0, 0.1) is 11.3 Å². The summed E-state index contributed by atoms with van der Waals surface area (Å²) in [6.45, 7) is 0. The number of carbonyl (C=O) groups is 1. The Bertz CT molecular complexity index is 378.